The van der Waals surface area contributed by atoms with E-state index >= 15 is 0 Å². The summed E-state index contributed by atoms with van der Waals surface area (Å²) in [6.45, 7) is 5.24. The van der Waals surface area contributed by atoms with Crippen molar-refractivity contribution in [2.24, 2.45) is 5.92 Å². The number of ether oxygens (including phenoxy) is 3. The van der Waals surface area contributed by atoms with Crippen molar-refractivity contribution in [2.75, 3.05) is 13.7 Å². The van der Waals surface area contributed by atoms with Crippen molar-refractivity contribution < 1.29 is 19.0 Å². The normalized spacial score (nSPS) is 20.2. The molecule has 0 aliphatic carbocycles. The fourth-order valence-electron chi connectivity index (χ4n) is 3.12. The van der Waals surface area contributed by atoms with Crippen LogP contribution in [-0.2, 0) is 14.2 Å². The molecule has 4 atom stereocenters. The van der Waals surface area contributed by atoms with Crippen LogP contribution < -0.4 is 0 Å². The van der Waals surface area contributed by atoms with Crippen LogP contribution in [0.5, 0.6) is 0 Å². The molecule has 1 heterocycles. The van der Waals surface area contributed by atoms with Crippen LogP contribution in [0, 0.1) is 5.92 Å². The molecule has 1 aromatic carbocycles. The summed E-state index contributed by atoms with van der Waals surface area (Å²) in [5, 5.41) is 0. The van der Waals surface area contributed by atoms with Gasteiger partial charge in [-0.2, -0.15) is 0 Å². The molecule has 1 aromatic rings. The standard InChI is InChI=1S/C20H30O4/c1-4-8-17(24-20(21)16-9-6-5-7-10-16)13-18(22-3)11-15(2)12-19-14-23-19/h5-7,9-10,15,17-19H,4,8,11-14H2,1-3H3/t15-,17-,18-,19+/m0/s1. The van der Waals surface area contributed by atoms with Gasteiger partial charge in [-0.15, -0.1) is 0 Å². The molecule has 0 unspecified atom stereocenters. The number of hydrogen-bond donors (Lipinski definition) is 0. The van der Waals surface area contributed by atoms with Crippen molar-refractivity contribution in [3.05, 3.63) is 35.9 Å². The lowest BCUT2D eigenvalue weighted by Crippen LogP contribution is -2.26. The highest BCUT2D eigenvalue weighted by Crippen LogP contribution is 2.25. The second-order valence-electron chi connectivity index (χ2n) is 6.81. The number of benzene rings is 1. The summed E-state index contributed by atoms with van der Waals surface area (Å²) < 4.78 is 16.7. The summed E-state index contributed by atoms with van der Waals surface area (Å²) in [5.74, 6) is 0.304. The number of esters is 1. The molecule has 4 nitrogen and oxygen atoms in total. The van der Waals surface area contributed by atoms with Gasteiger partial charge < -0.3 is 14.2 Å². The third kappa shape index (κ3) is 6.62. The highest BCUT2D eigenvalue weighted by Gasteiger charge is 2.27. The van der Waals surface area contributed by atoms with E-state index in [-0.39, 0.29) is 18.2 Å². The van der Waals surface area contributed by atoms with Crippen LogP contribution in [0.3, 0.4) is 0 Å². The van der Waals surface area contributed by atoms with Crippen molar-refractivity contribution in [3.63, 3.8) is 0 Å². The van der Waals surface area contributed by atoms with Crippen LogP contribution in [0.15, 0.2) is 30.3 Å². The first-order chi connectivity index (χ1) is 11.6. The molecule has 1 aliphatic heterocycles. The molecule has 0 amide bonds. The van der Waals surface area contributed by atoms with Crippen molar-refractivity contribution in [2.45, 2.75) is 64.3 Å². The summed E-state index contributed by atoms with van der Waals surface area (Å²) in [6, 6.07) is 9.18. The summed E-state index contributed by atoms with van der Waals surface area (Å²) in [6.07, 6.45) is 5.10. The Kier molecular flexibility index (Phi) is 7.73. The van der Waals surface area contributed by atoms with Gasteiger partial charge in [-0.25, -0.2) is 4.79 Å². The molecule has 0 saturated carbocycles. The SMILES string of the molecule is CCC[C@@H](C[C@H](C[C@H](C)C[C@@H]1CO1)OC)OC(=O)c1ccccc1. The van der Waals surface area contributed by atoms with Crippen LogP contribution in [0.2, 0.25) is 0 Å². The molecule has 1 aliphatic rings. The van der Waals surface area contributed by atoms with Gasteiger partial charge >= 0.3 is 5.97 Å². The zero-order valence-corrected chi connectivity index (χ0v) is 15.1. The summed E-state index contributed by atoms with van der Waals surface area (Å²) in [4.78, 5) is 12.3. The first kappa shape index (κ1) is 18.9. The molecule has 2 rings (SSSR count). The lowest BCUT2D eigenvalue weighted by Gasteiger charge is -2.25. The Labute approximate surface area is 145 Å². The minimum atomic E-state index is -0.247. The smallest absolute Gasteiger partial charge is 0.338 e. The Hall–Kier alpha value is -1.39. The van der Waals surface area contributed by atoms with Crippen molar-refractivity contribution in [3.8, 4) is 0 Å². The topological polar surface area (TPSA) is 48.1 Å². The predicted molar refractivity (Wildman–Crippen MR) is 94.1 cm³/mol. The molecule has 24 heavy (non-hydrogen) atoms. The van der Waals surface area contributed by atoms with Crippen molar-refractivity contribution >= 4 is 5.97 Å². The third-order valence-electron chi connectivity index (χ3n) is 4.49. The van der Waals surface area contributed by atoms with E-state index in [1.165, 1.54) is 0 Å². The number of methoxy groups -OCH3 is 1. The number of epoxide rings is 1. The zero-order chi connectivity index (χ0) is 17.4. The third-order valence-corrected chi connectivity index (χ3v) is 4.49. The molecule has 134 valence electrons. The number of hydrogen-bond acceptors (Lipinski definition) is 4. The van der Waals surface area contributed by atoms with Gasteiger partial charge in [0.05, 0.1) is 24.4 Å². The van der Waals surface area contributed by atoms with Gasteiger partial charge in [-0.3, -0.25) is 0 Å². The Morgan fingerprint density at radius 3 is 2.54 bits per heavy atom. The van der Waals surface area contributed by atoms with E-state index in [1.54, 1.807) is 19.2 Å². The molecule has 0 aromatic heterocycles. The minimum Gasteiger partial charge on any atom is -0.459 e. The molecule has 4 heteroatoms. The maximum atomic E-state index is 12.3. The average Bonchev–Trinajstić information content (AvgIpc) is 3.39. The minimum absolute atomic E-state index is 0.1000. The van der Waals surface area contributed by atoms with Gasteiger partial charge in [-0.05, 0) is 37.3 Å². The Morgan fingerprint density at radius 1 is 1.25 bits per heavy atom. The zero-order valence-electron chi connectivity index (χ0n) is 15.1. The summed E-state index contributed by atoms with van der Waals surface area (Å²) in [5.41, 5.74) is 0.604. The number of carbonyl (C=O) groups excluding carboxylic acids is 1. The number of rotatable bonds is 11. The van der Waals surface area contributed by atoms with Gasteiger partial charge in [0, 0.05) is 13.5 Å². The van der Waals surface area contributed by atoms with Gasteiger partial charge in [0.2, 0.25) is 0 Å². The van der Waals surface area contributed by atoms with Gasteiger partial charge in [0.25, 0.3) is 0 Å². The van der Waals surface area contributed by atoms with E-state index in [4.69, 9.17) is 14.2 Å². The van der Waals surface area contributed by atoms with E-state index in [2.05, 4.69) is 13.8 Å². The molecule has 0 bridgehead atoms. The largest absolute Gasteiger partial charge is 0.459 e. The molecule has 1 fully saturated rings. The Morgan fingerprint density at radius 2 is 1.96 bits per heavy atom. The second-order valence-corrected chi connectivity index (χ2v) is 6.81. The fraction of sp³-hybridized carbons (Fsp3) is 0.650. The molecule has 1 saturated heterocycles. The van der Waals surface area contributed by atoms with E-state index in [0.717, 1.165) is 38.7 Å². The van der Waals surface area contributed by atoms with E-state index in [9.17, 15) is 4.79 Å². The molecule has 0 radical (unpaired) electrons. The second kappa shape index (κ2) is 9.80. The summed E-state index contributed by atoms with van der Waals surface area (Å²) in [7, 11) is 1.74. The lowest BCUT2D eigenvalue weighted by molar-refractivity contribution is -0.00226. The maximum Gasteiger partial charge on any atom is 0.338 e. The monoisotopic (exact) mass is 334 g/mol. The Bertz CT molecular complexity index is 484. The van der Waals surface area contributed by atoms with E-state index in [1.807, 2.05) is 18.2 Å². The van der Waals surface area contributed by atoms with Crippen LogP contribution in [-0.4, -0.2) is 38.0 Å². The molecular formula is C20H30O4. The van der Waals surface area contributed by atoms with Crippen molar-refractivity contribution in [1.82, 2.24) is 0 Å². The Balaban J connectivity index is 1.86. The highest BCUT2D eigenvalue weighted by molar-refractivity contribution is 5.89. The average molecular weight is 334 g/mol. The van der Waals surface area contributed by atoms with Gasteiger partial charge in [0.15, 0.2) is 0 Å². The highest BCUT2D eigenvalue weighted by atomic mass is 16.6. The van der Waals surface area contributed by atoms with Crippen LogP contribution in [0.4, 0.5) is 0 Å². The van der Waals surface area contributed by atoms with Crippen LogP contribution in [0.25, 0.3) is 0 Å². The van der Waals surface area contributed by atoms with Gasteiger partial charge in [-0.1, -0.05) is 38.5 Å². The fourth-order valence-corrected chi connectivity index (χ4v) is 3.12. The van der Waals surface area contributed by atoms with Gasteiger partial charge in [0.1, 0.15) is 6.10 Å². The molecular weight excluding hydrogens is 304 g/mol. The summed E-state index contributed by atoms with van der Waals surface area (Å²) >= 11 is 0. The molecule has 0 spiro atoms. The van der Waals surface area contributed by atoms with Crippen LogP contribution >= 0.6 is 0 Å². The molecule has 0 N–H and O–H groups in total. The predicted octanol–water partition coefficient (Wildman–Crippen LogP) is 4.23. The van der Waals surface area contributed by atoms with Crippen molar-refractivity contribution in [1.29, 1.82) is 0 Å². The van der Waals surface area contributed by atoms with E-state index in [0.29, 0.717) is 17.6 Å². The first-order valence-corrected chi connectivity index (χ1v) is 9.02. The first-order valence-electron chi connectivity index (χ1n) is 9.02. The quantitative estimate of drug-likeness (QED) is 0.449. The number of carbonyl (C=O) groups is 1. The van der Waals surface area contributed by atoms with E-state index < -0.39 is 0 Å². The maximum absolute atomic E-state index is 12.3. The lowest BCUT2D eigenvalue weighted by atomic mass is 9.94. The van der Waals surface area contributed by atoms with Crippen LogP contribution in [0.1, 0.15) is 56.3 Å².